The fraction of sp³-hybridized carbons (Fsp3) is 0.476. The van der Waals surface area contributed by atoms with Crippen LogP contribution in [0.1, 0.15) is 47.0 Å². The summed E-state index contributed by atoms with van der Waals surface area (Å²) in [5.74, 6) is 0.418. The van der Waals surface area contributed by atoms with E-state index in [1.807, 2.05) is 36.4 Å². The van der Waals surface area contributed by atoms with Crippen LogP contribution in [0.2, 0.25) is 0 Å². The molecule has 1 aliphatic rings. The second-order valence-corrected chi connectivity index (χ2v) is 8.73. The Morgan fingerprint density at radius 3 is 2.32 bits per heavy atom. The normalized spacial score (nSPS) is 19.4. The van der Waals surface area contributed by atoms with Crippen LogP contribution in [0.15, 0.2) is 42.6 Å². The van der Waals surface area contributed by atoms with Gasteiger partial charge in [0.2, 0.25) is 11.9 Å². The van der Waals surface area contributed by atoms with Crippen molar-refractivity contribution in [1.82, 2.24) is 9.97 Å². The average molecular weight is 337 g/mol. The number of amides is 1. The molecule has 25 heavy (non-hydrogen) atoms. The Morgan fingerprint density at radius 2 is 1.68 bits per heavy atom. The molecule has 3 rings (SSSR count). The molecule has 1 saturated carbocycles. The third-order valence-electron chi connectivity index (χ3n) is 4.89. The molecule has 1 aromatic heterocycles. The van der Waals surface area contributed by atoms with Crippen molar-refractivity contribution in [3.63, 3.8) is 0 Å². The highest BCUT2D eigenvalue weighted by atomic mass is 16.2. The first-order chi connectivity index (χ1) is 11.7. The predicted octanol–water partition coefficient (Wildman–Crippen LogP) is 4.93. The van der Waals surface area contributed by atoms with E-state index in [-0.39, 0.29) is 22.7 Å². The largest absolute Gasteiger partial charge is 0.294 e. The summed E-state index contributed by atoms with van der Waals surface area (Å²) in [6.45, 7) is 9.00. The molecule has 0 atom stereocenters. The van der Waals surface area contributed by atoms with Gasteiger partial charge in [0.05, 0.1) is 5.69 Å². The summed E-state index contributed by atoms with van der Waals surface area (Å²) in [6.07, 6.45) is 4.64. The maximum Gasteiger partial charge on any atom is 0.229 e. The molecule has 4 heteroatoms. The number of hydrogen-bond donors (Lipinski definition) is 1. The minimum absolute atomic E-state index is 0.00253. The molecular weight excluding hydrogens is 310 g/mol. The molecule has 1 aromatic carbocycles. The molecule has 1 fully saturated rings. The molecule has 132 valence electrons. The number of aromatic nitrogens is 2. The Labute approximate surface area is 150 Å². The molecule has 0 saturated heterocycles. The average Bonchev–Trinajstić information content (AvgIpc) is 2.53. The van der Waals surface area contributed by atoms with Gasteiger partial charge >= 0.3 is 0 Å². The molecule has 0 aliphatic heterocycles. The zero-order chi connectivity index (χ0) is 18.1. The number of hydrogen-bond acceptors (Lipinski definition) is 3. The number of carbonyl (C=O) groups excluding carboxylic acids is 1. The molecule has 0 radical (unpaired) electrons. The van der Waals surface area contributed by atoms with Gasteiger partial charge < -0.3 is 0 Å². The molecule has 4 nitrogen and oxygen atoms in total. The van der Waals surface area contributed by atoms with Crippen molar-refractivity contribution in [1.29, 1.82) is 0 Å². The van der Waals surface area contributed by atoms with Gasteiger partial charge in [0.15, 0.2) is 0 Å². The Kier molecular flexibility index (Phi) is 4.63. The van der Waals surface area contributed by atoms with Gasteiger partial charge in [0.25, 0.3) is 0 Å². The van der Waals surface area contributed by atoms with Crippen molar-refractivity contribution in [2.24, 2.45) is 16.7 Å². The molecule has 0 bridgehead atoms. The maximum absolute atomic E-state index is 12.8. The first-order valence-corrected chi connectivity index (χ1v) is 8.94. The van der Waals surface area contributed by atoms with Crippen molar-refractivity contribution in [2.45, 2.75) is 47.0 Å². The highest BCUT2D eigenvalue weighted by Crippen LogP contribution is 2.48. The number of anilines is 1. The van der Waals surface area contributed by atoms with E-state index in [2.05, 4.69) is 43.0 Å². The van der Waals surface area contributed by atoms with Gasteiger partial charge in [-0.2, -0.15) is 0 Å². The fourth-order valence-electron chi connectivity index (χ4n) is 4.43. The third kappa shape index (κ3) is 4.44. The van der Waals surface area contributed by atoms with E-state index < -0.39 is 0 Å². The van der Waals surface area contributed by atoms with Gasteiger partial charge in [-0.1, -0.05) is 58.0 Å². The van der Waals surface area contributed by atoms with Gasteiger partial charge in [-0.3, -0.25) is 10.1 Å². The van der Waals surface area contributed by atoms with E-state index in [0.717, 1.165) is 30.5 Å². The zero-order valence-corrected chi connectivity index (χ0v) is 15.5. The summed E-state index contributed by atoms with van der Waals surface area (Å²) >= 11 is 0. The molecule has 0 unspecified atom stereocenters. The number of nitrogens with one attached hydrogen (secondary N) is 1. The van der Waals surface area contributed by atoms with Crippen molar-refractivity contribution in [2.75, 3.05) is 5.32 Å². The van der Waals surface area contributed by atoms with Gasteiger partial charge in [-0.05, 0) is 36.2 Å². The standard InChI is InChI=1S/C21H27N3O/c1-20(2)12-16(13-21(3,4)14-20)18(25)24-19-22-11-10-17(23-19)15-8-6-5-7-9-15/h5-11,16H,12-14H2,1-4H3,(H,22,23,24,25). The van der Waals surface area contributed by atoms with Crippen molar-refractivity contribution >= 4 is 11.9 Å². The van der Waals surface area contributed by atoms with E-state index in [0.29, 0.717) is 5.95 Å². The van der Waals surface area contributed by atoms with Crippen molar-refractivity contribution < 1.29 is 4.79 Å². The molecule has 2 aromatic rings. The number of nitrogens with zero attached hydrogens (tertiary/aromatic N) is 2. The van der Waals surface area contributed by atoms with Gasteiger partial charge in [0, 0.05) is 17.7 Å². The van der Waals surface area contributed by atoms with E-state index in [9.17, 15) is 4.79 Å². The summed E-state index contributed by atoms with van der Waals surface area (Å²) in [5.41, 5.74) is 2.18. The van der Waals surface area contributed by atoms with Crippen molar-refractivity contribution in [3.8, 4) is 11.3 Å². The first kappa shape index (κ1) is 17.6. The Balaban J connectivity index is 1.75. The van der Waals surface area contributed by atoms with Crippen LogP contribution in [0, 0.1) is 16.7 Å². The molecular formula is C21H27N3O. The van der Waals surface area contributed by atoms with Crippen LogP contribution in [0.4, 0.5) is 5.95 Å². The molecule has 1 aliphatic carbocycles. The fourth-order valence-corrected chi connectivity index (χ4v) is 4.43. The topological polar surface area (TPSA) is 54.9 Å². The van der Waals surface area contributed by atoms with E-state index in [1.165, 1.54) is 0 Å². The highest BCUT2D eigenvalue weighted by Gasteiger charge is 2.41. The van der Waals surface area contributed by atoms with Crippen LogP contribution in [-0.2, 0) is 4.79 Å². The summed E-state index contributed by atoms with van der Waals surface area (Å²) in [4.78, 5) is 21.5. The smallest absolute Gasteiger partial charge is 0.229 e. The van der Waals surface area contributed by atoms with Crippen LogP contribution in [0.3, 0.4) is 0 Å². The lowest BCUT2D eigenvalue weighted by molar-refractivity contribution is -0.124. The van der Waals surface area contributed by atoms with E-state index in [4.69, 9.17) is 0 Å². The predicted molar refractivity (Wildman–Crippen MR) is 101 cm³/mol. The van der Waals surface area contributed by atoms with Crippen molar-refractivity contribution in [3.05, 3.63) is 42.6 Å². The summed E-state index contributed by atoms with van der Waals surface area (Å²) in [6, 6.07) is 11.8. The van der Waals surface area contributed by atoms with Crippen LogP contribution >= 0.6 is 0 Å². The van der Waals surface area contributed by atoms with E-state index in [1.54, 1.807) is 6.20 Å². The van der Waals surface area contributed by atoms with Crippen LogP contribution in [-0.4, -0.2) is 15.9 Å². The molecule has 1 N–H and O–H groups in total. The lowest BCUT2D eigenvalue weighted by Gasteiger charge is -2.44. The maximum atomic E-state index is 12.8. The number of rotatable bonds is 3. The summed E-state index contributed by atoms with van der Waals surface area (Å²) < 4.78 is 0. The van der Waals surface area contributed by atoms with Crippen LogP contribution in [0.25, 0.3) is 11.3 Å². The Bertz CT molecular complexity index is 737. The second kappa shape index (κ2) is 6.58. The first-order valence-electron chi connectivity index (χ1n) is 8.94. The zero-order valence-electron chi connectivity index (χ0n) is 15.5. The van der Waals surface area contributed by atoms with Gasteiger partial charge in [-0.25, -0.2) is 9.97 Å². The minimum Gasteiger partial charge on any atom is -0.294 e. The van der Waals surface area contributed by atoms with Gasteiger partial charge in [-0.15, -0.1) is 0 Å². The third-order valence-corrected chi connectivity index (χ3v) is 4.89. The Morgan fingerprint density at radius 1 is 1.04 bits per heavy atom. The summed E-state index contributed by atoms with van der Waals surface area (Å²) in [5, 5.41) is 2.94. The molecule has 0 spiro atoms. The van der Waals surface area contributed by atoms with E-state index >= 15 is 0 Å². The van der Waals surface area contributed by atoms with Gasteiger partial charge in [0.1, 0.15) is 0 Å². The quantitative estimate of drug-likeness (QED) is 0.863. The number of carbonyl (C=O) groups is 1. The van der Waals surface area contributed by atoms with Crippen LogP contribution < -0.4 is 5.32 Å². The lowest BCUT2D eigenvalue weighted by atomic mass is 9.61. The minimum atomic E-state index is 0.00253. The number of benzene rings is 1. The SMILES string of the molecule is CC1(C)CC(C(=O)Nc2nccc(-c3ccccc3)n2)CC(C)(C)C1. The molecule has 1 heterocycles. The molecule has 1 amide bonds. The monoisotopic (exact) mass is 337 g/mol. The van der Waals surface area contributed by atoms with Crippen LogP contribution in [0.5, 0.6) is 0 Å². The lowest BCUT2D eigenvalue weighted by Crippen LogP contribution is -2.39. The highest BCUT2D eigenvalue weighted by molar-refractivity contribution is 5.91. The Hall–Kier alpha value is -2.23. The summed E-state index contributed by atoms with van der Waals surface area (Å²) in [7, 11) is 0. The second-order valence-electron chi connectivity index (χ2n) is 8.73.